The minimum atomic E-state index is -4.42. The number of nitrogens with one attached hydrogen (secondary N) is 2. The van der Waals surface area contributed by atoms with Gasteiger partial charge >= 0.3 is 0 Å². The van der Waals surface area contributed by atoms with Gasteiger partial charge in [0.2, 0.25) is 15.9 Å². The van der Waals surface area contributed by atoms with Crippen molar-refractivity contribution in [2.45, 2.75) is 9.79 Å². The molecule has 0 spiro atoms. The number of aromatic nitrogens is 1. The number of aromatic amines is 1. The van der Waals surface area contributed by atoms with Crippen molar-refractivity contribution in [3.63, 3.8) is 0 Å². The van der Waals surface area contributed by atoms with Crippen LogP contribution in [0.1, 0.15) is 0 Å². The molecule has 0 bridgehead atoms. The molecule has 0 unspecified atom stereocenters. The van der Waals surface area contributed by atoms with Gasteiger partial charge in [0.1, 0.15) is 0 Å². The van der Waals surface area contributed by atoms with E-state index in [9.17, 15) is 21.9 Å². The fourth-order valence-corrected chi connectivity index (χ4v) is 3.56. The molecule has 4 N–H and O–H groups in total. The van der Waals surface area contributed by atoms with Crippen LogP contribution < -0.4 is 4.72 Å². The molecular weight excluding hydrogens is 396 g/mol. The van der Waals surface area contributed by atoms with Crippen LogP contribution in [0.3, 0.4) is 0 Å². The number of benzene rings is 2. The maximum atomic E-state index is 11.7. The Morgan fingerprint density at radius 1 is 0.963 bits per heavy atom. The zero-order valence-electron chi connectivity index (χ0n) is 13.8. The average Bonchev–Trinajstić information content (AvgIpc) is 2.94. The van der Waals surface area contributed by atoms with Crippen molar-refractivity contribution in [3.05, 3.63) is 42.5 Å². The predicted molar refractivity (Wildman–Crippen MR) is 96.6 cm³/mol. The van der Waals surface area contributed by atoms with Gasteiger partial charge in [0, 0.05) is 5.39 Å². The number of azo groups is 1. The number of fused-ring (bicyclic) bond motifs is 1. The van der Waals surface area contributed by atoms with Crippen LogP contribution in [0, 0.1) is 0 Å². The Balaban J connectivity index is 2.00. The van der Waals surface area contributed by atoms with E-state index >= 15 is 0 Å². The third kappa shape index (κ3) is 3.83. The molecule has 142 valence electrons. The van der Waals surface area contributed by atoms with Crippen LogP contribution in [0.4, 0.5) is 11.4 Å². The molecule has 0 amide bonds. The van der Waals surface area contributed by atoms with Gasteiger partial charge in [-0.25, -0.2) is 13.1 Å². The van der Waals surface area contributed by atoms with Crippen molar-refractivity contribution in [2.24, 2.45) is 10.2 Å². The molecule has 2 aromatic carbocycles. The molecule has 0 fully saturated rings. The monoisotopic (exact) mass is 410 g/mol. The topological polar surface area (TPSA) is 161 Å². The number of hydrogen-bond acceptors (Lipinski definition) is 7. The van der Waals surface area contributed by atoms with Gasteiger partial charge in [-0.3, -0.25) is 4.55 Å². The first kappa shape index (κ1) is 19.0. The van der Waals surface area contributed by atoms with Crippen LogP contribution in [-0.2, 0) is 20.1 Å². The summed E-state index contributed by atoms with van der Waals surface area (Å²) in [5.41, 5.74) is 0.677. The van der Waals surface area contributed by atoms with E-state index in [0.717, 1.165) is 6.07 Å². The minimum absolute atomic E-state index is 0.0255. The first-order chi connectivity index (χ1) is 12.6. The molecule has 0 saturated heterocycles. The van der Waals surface area contributed by atoms with Crippen LogP contribution in [0.5, 0.6) is 5.88 Å². The Hall–Kier alpha value is -2.80. The smallest absolute Gasteiger partial charge is 0.294 e. The summed E-state index contributed by atoms with van der Waals surface area (Å²) in [6, 6.07) is 9.21. The SMILES string of the molecule is CNS(=O)(=O)c1ccc(N=Nc2c(O)[nH]c3ccc(S(=O)(=O)O)cc23)cc1. The second-order valence-electron chi connectivity index (χ2n) is 5.41. The summed E-state index contributed by atoms with van der Waals surface area (Å²) in [7, 11) is -6.70. The van der Waals surface area contributed by atoms with Gasteiger partial charge in [0.05, 0.1) is 21.0 Å². The van der Waals surface area contributed by atoms with E-state index in [1.54, 1.807) is 0 Å². The fraction of sp³-hybridized carbons (Fsp3) is 0.0667. The molecule has 10 nitrogen and oxygen atoms in total. The Morgan fingerprint density at radius 2 is 1.59 bits per heavy atom. The summed E-state index contributed by atoms with van der Waals surface area (Å²) in [4.78, 5) is 2.31. The summed E-state index contributed by atoms with van der Waals surface area (Å²) in [6.45, 7) is 0. The van der Waals surface area contributed by atoms with E-state index in [2.05, 4.69) is 19.9 Å². The van der Waals surface area contributed by atoms with Gasteiger partial charge < -0.3 is 10.1 Å². The molecule has 0 radical (unpaired) electrons. The molecule has 12 heteroatoms. The first-order valence-electron chi connectivity index (χ1n) is 7.39. The number of rotatable bonds is 5. The van der Waals surface area contributed by atoms with Crippen molar-refractivity contribution in [1.82, 2.24) is 9.71 Å². The second-order valence-corrected chi connectivity index (χ2v) is 8.71. The van der Waals surface area contributed by atoms with Gasteiger partial charge in [-0.05, 0) is 49.5 Å². The largest absolute Gasteiger partial charge is 0.493 e. The maximum absolute atomic E-state index is 11.7. The lowest BCUT2D eigenvalue weighted by Crippen LogP contribution is -2.18. The average molecular weight is 410 g/mol. The van der Waals surface area contributed by atoms with Gasteiger partial charge in [-0.1, -0.05) is 0 Å². The highest BCUT2D eigenvalue weighted by Gasteiger charge is 2.16. The van der Waals surface area contributed by atoms with Gasteiger partial charge in [-0.15, -0.1) is 5.11 Å². The lowest BCUT2D eigenvalue weighted by atomic mass is 10.2. The summed E-state index contributed by atoms with van der Waals surface area (Å²) in [5, 5.41) is 18.0. The number of nitrogens with zero attached hydrogens (tertiary/aromatic N) is 2. The molecule has 27 heavy (non-hydrogen) atoms. The molecule has 0 aliphatic rings. The van der Waals surface area contributed by atoms with E-state index in [1.807, 2.05) is 0 Å². The lowest BCUT2D eigenvalue weighted by Gasteiger charge is -2.01. The highest BCUT2D eigenvalue weighted by Crippen LogP contribution is 2.37. The summed E-state index contributed by atoms with van der Waals surface area (Å²) < 4.78 is 57.3. The number of sulfonamides is 1. The van der Waals surface area contributed by atoms with E-state index < -0.39 is 20.1 Å². The standard InChI is InChI=1S/C15H14N4O6S2/c1-16-26(21,22)10-4-2-9(3-5-10)18-19-14-12-8-11(27(23,24)25)6-7-13(12)17-15(14)20/h2-8,16-17,20H,1H3,(H,23,24,25). The van der Waals surface area contributed by atoms with E-state index in [1.165, 1.54) is 43.4 Å². The van der Waals surface area contributed by atoms with E-state index in [4.69, 9.17) is 4.55 Å². The third-order valence-corrected chi connectivity index (χ3v) is 5.98. The van der Waals surface area contributed by atoms with Crippen molar-refractivity contribution >= 4 is 42.4 Å². The quantitative estimate of drug-likeness (QED) is 0.373. The van der Waals surface area contributed by atoms with Crippen molar-refractivity contribution < 1.29 is 26.5 Å². The van der Waals surface area contributed by atoms with E-state index in [-0.39, 0.29) is 26.7 Å². The molecule has 0 saturated carbocycles. The molecule has 3 rings (SSSR count). The summed E-state index contributed by atoms with van der Waals surface area (Å²) in [6.07, 6.45) is 0. The zero-order chi connectivity index (χ0) is 19.8. The molecule has 3 aromatic rings. The molecule has 0 aliphatic heterocycles. The van der Waals surface area contributed by atoms with Crippen LogP contribution in [0.2, 0.25) is 0 Å². The Labute approximate surface area is 154 Å². The van der Waals surface area contributed by atoms with Gasteiger partial charge in [0.15, 0.2) is 5.69 Å². The van der Waals surface area contributed by atoms with Gasteiger partial charge in [-0.2, -0.15) is 13.5 Å². The summed E-state index contributed by atoms with van der Waals surface area (Å²) in [5.74, 6) is -0.337. The fourth-order valence-electron chi connectivity index (χ4n) is 2.32. The van der Waals surface area contributed by atoms with Crippen molar-refractivity contribution in [2.75, 3.05) is 7.05 Å². The normalized spacial score (nSPS) is 12.8. The van der Waals surface area contributed by atoms with Crippen molar-refractivity contribution in [1.29, 1.82) is 0 Å². The maximum Gasteiger partial charge on any atom is 0.294 e. The number of hydrogen-bond donors (Lipinski definition) is 4. The second kappa shape index (κ2) is 6.74. The highest BCUT2D eigenvalue weighted by atomic mass is 32.2. The van der Waals surface area contributed by atoms with Crippen LogP contribution in [0.25, 0.3) is 10.9 Å². The molecule has 0 aliphatic carbocycles. The third-order valence-electron chi connectivity index (χ3n) is 3.70. The highest BCUT2D eigenvalue weighted by molar-refractivity contribution is 7.89. The van der Waals surface area contributed by atoms with Gasteiger partial charge in [0.25, 0.3) is 10.1 Å². The number of aromatic hydroxyl groups is 1. The Kier molecular flexibility index (Phi) is 4.73. The first-order valence-corrected chi connectivity index (χ1v) is 10.3. The molecule has 0 atom stereocenters. The molecule has 1 aromatic heterocycles. The number of H-pyrrole nitrogens is 1. The Morgan fingerprint density at radius 3 is 2.19 bits per heavy atom. The molecular formula is C15H14N4O6S2. The van der Waals surface area contributed by atoms with E-state index in [0.29, 0.717) is 11.2 Å². The lowest BCUT2D eigenvalue weighted by molar-refractivity contribution is 0.459. The minimum Gasteiger partial charge on any atom is -0.493 e. The van der Waals surface area contributed by atoms with Crippen LogP contribution in [-0.4, -0.2) is 38.5 Å². The molecule has 1 heterocycles. The summed E-state index contributed by atoms with van der Waals surface area (Å²) >= 11 is 0. The zero-order valence-corrected chi connectivity index (χ0v) is 15.4. The van der Waals surface area contributed by atoms with Crippen molar-refractivity contribution in [3.8, 4) is 5.88 Å². The van der Waals surface area contributed by atoms with Crippen LogP contribution in [0.15, 0.2) is 62.5 Å². The van der Waals surface area contributed by atoms with Crippen LogP contribution >= 0.6 is 0 Å². The predicted octanol–water partition coefficient (Wildman–Crippen LogP) is 2.44. The Bertz CT molecular complexity index is 1250.